The summed E-state index contributed by atoms with van der Waals surface area (Å²) in [4.78, 5) is 15.6. The molecule has 0 saturated heterocycles. The number of ether oxygens (including phenoxy) is 2. The number of aliphatic hydroxyl groups excluding tert-OH is 1. The predicted octanol–water partition coefficient (Wildman–Crippen LogP) is 0.986. The largest absolute Gasteiger partial charge is 0.473 e. The Balaban J connectivity index is 2.59. The zero-order valence-corrected chi connectivity index (χ0v) is 12.2. The van der Waals surface area contributed by atoms with E-state index in [1.54, 1.807) is 12.3 Å². The molecule has 0 saturated carbocycles. The molecule has 1 aromatic heterocycles. The SMILES string of the molecule is COC(CO)CCn1ccc(OCC=C(C)C)nc1=O. The van der Waals surface area contributed by atoms with Gasteiger partial charge in [0.2, 0.25) is 5.88 Å². The van der Waals surface area contributed by atoms with Crippen molar-refractivity contribution < 1.29 is 14.6 Å². The van der Waals surface area contributed by atoms with Crippen molar-refractivity contribution in [3.8, 4) is 5.88 Å². The number of allylic oxidation sites excluding steroid dienone is 1. The Morgan fingerprint density at radius 3 is 2.85 bits per heavy atom. The predicted molar refractivity (Wildman–Crippen MR) is 75.9 cm³/mol. The fourth-order valence-electron chi connectivity index (χ4n) is 1.52. The summed E-state index contributed by atoms with van der Waals surface area (Å²) in [6, 6.07) is 1.65. The number of aryl methyl sites for hydroxylation is 1. The van der Waals surface area contributed by atoms with Gasteiger partial charge in [0.25, 0.3) is 0 Å². The standard InChI is InChI=1S/C14H22N2O4/c1-11(2)6-9-20-13-5-8-16(14(18)15-13)7-4-12(10-17)19-3/h5-6,8,12,17H,4,7,9-10H2,1-3H3. The number of hydrogen-bond acceptors (Lipinski definition) is 5. The Labute approximate surface area is 118 Å². The van der Waals surface area contributed by atoms with Gasteiger partial charge in [-0.25, -0.2) is 4.79 Å². The molecule has 1 heterocycles. The van der Waals surface area contributed by atoms with E-state index in [1.165, 1.54) is 11.7 Å². The highest BCUT2D eigenvalue weighted by molar-refractivity contribution is 5.07. The van der Waals surface area contributed by atoms with Gasteiger partial charge in [-0.3, -0.25) is 4.57 Å². The van der Waals surface area contributed by atoms with Gasteiger partial charge in [-0.05, 0) is 26.3 Å². The highest BCUT2D eigenvalue weighted by atomic mass is 16.5. The first-order valence-electron chi connectivity index (χ1n) is 6.54. The van der Waals surface area contributed by atoms with Gasteiger partial charge in [0.05, 0.1) is 12.7 Å². The van der Waals surface area contributed by atoms with Crippen LogP contribution in [0.4, 0.5) is 0 Å². The van der Waals surface area contributed by atoms with Crippen LogP contribution in [0.25, 0.3) is 0 Å². The van der Waals surface area contributed by atoms with Crippen LogP contribution in [0.3, 0.4) is 0 Å². The Bertz CT molecular complexity index is 488. The molecule has 20 heavy (non-hydrogen) atoms. The summed E-state index contributed by atoms with van der Waals surface area (Å²) < 4.78 is 11.9. The Kier molecular flexibility index (Phi) is 6.97. The van der Waals surface area contributed by atoms with Crippen molar-refractivity contribution in [2.24, 2.45) is 0 Å². The maximum atomic E-state index is 11.8. The molecule has 1 atom stereocenters. The second-order valence-corrected chi connectivity index (χ2v) is 4.66. The van der Waals surface area contributed by atoms with Gasteiger partial charge < -0.3 is 14.6 Å². The summed E-state index contributed by atoms with van der Waals surface area (Å²) in [5.41, 5.74) is 0.778. The van der Waals surface area contributed by atoms with Crippen LogP contribution in [-0.2, 0) is 11.3 Å². The van der Waals surface area contributed by atoms with E-state index in [0.717, 1.165) is 5.57 Å². The van der Waals surface area contributed by atoms with E-state index in [-0.39, 0.29) is 18.4 Å². The topological polar surface area (TPSA) is 73.6 Å². The van der Waals surface area contributed by atoms with Crippen molar-refractivity contribution in [2.45, 2.75) is 32.9 Å². The van der Waals surface area contributed by atoms with Crippen molar-refractivity contribution in [2.75, 3.05) is 20.3 Å². The lowest BCUT2D eigenvalue weighted by atomic mass is 10.2. The van der Waals surface area contributed by atoms with Gasteiger partial charge in [0, 0.05) is 25.9 Å². The van der Waals surface area contributed by atoms with Crippen LogP contribution < -0.4 is 10.4 Å². The molecule has 0 amide bonds. The minimum Gasteiger partial charge on any atom is -0.473 e. The lowest BCUT2D eigenvalue weighted by Gasteiger charge is -2.12. The van der Waals surface area contributed by atoms with E-state index in [1.807, 2.05) is 19.9 Å². The molecule has 0 fully saturated rings. The molecular weight excluding hydrogens is 260 g/mol. The molecule has 1 unspecified atom stereocenters. The van der Waals surface area contributed by atoms with Crippen LogP contribution in [0.15, 0.2) is 28.7 Å². The van der Waals surface area contributed by atoms with E-state index >= 15 is 0 Å². The van der Waals surface area contributed by atoms with Crippen molar-refractivity contribution in [1.82, 2.24) is 9.55 Å². The van der Waals surface area contributed by atoms with Crippen LogP contribution in [0.5, 0.6) is 5.88 Å². The molecule has 0 radical (unpaired) electrons. The van der Waals surface area contributed by atoms with Crippen LogP contribution in [0.2, 0.25) is 0 Å². The van der Waals surface area contributed by atoms with Gasteiger partial charge in [0.1, 0.15) is 6.61 Å². The molecule has 0 bridgehead atoms. The van der Waals surface area contributed by atoms with Gasteiger partial charge in [0.15, 0.2) is 0 Å². The van der Waals surface area contributed by atoms with E-state index in [9.17, 15) is 4.79 Å². The lowest BCUT2D eigenvalue weighted by Crippen LogP contribution is -2.26. The fraction of sp³-hybridized carbons (Fsp3) is 0.571. The van der Waals surface area contributed by atoms with Crippen molar-refractivity contribution >= 4 is 0 Å². The third kappa shape index (κ3) is 5.54. The number of methoxy groups -OCH3 is 1. The second kappa shape index (κ2) is 8.50. The van der Waals surface area contributed by atoms with Crippen molar-refractivity contribution in [3.05, 3.63) is 34.4 Å². The second-order valence-electron chi connectivity index (χ2n) is 4.66. The maximum Gasteiger partial charge on any atom is 0.350 e. The smallest absolute Gasteiger partial charge is 0.350 e. The molecular formula is C14H22N2O4. The van der Waals surface area contributed by atoms with E-state index in [0.29, 0.717) is 25.5 Å². The molecule has 112 valence electrons. The lowest BCUT2D eigenvalue weighted by molar-refractivity contribution is 0.0401. The zero-order chi connectivity index (χ0) is 15.0. The van der Waals surface area contributed by atoms with Gasteiger partial charge in [-0.2, -0.15) is 4.98 Å². The minimum atomic E-state index is -0.368. The molecule has 1 aromatic rings. The number of aliphatic hydroxyl groups is 1. The average molecular weight is 282 g/mol. The molecule has 0 aliphatic rings. The first-order valence-corrected chi connectivity index (χ1v) is 6.54. The number of rotatable bonds is 8. The van der Waals surface area contributed by atoms with E-state index in [2.05, 4.69) is 4.98 Å². The minimum absolute atomic E-state index is 0.0669. The summed E-state index contributed by atoms with van der Waals surface area (Å²) >= 11 is 0. The first kappa shape index (κ1) is 16.4. The Hall–Kier alpha value is -1.66. The molecule has 1 N–H and O–H groups in total. The molecule has 6 nitrogen and oxygen atoms in total. The Morgan fingerprint density at radius 1 is 1.55 bits per heavy atom. The molecule has 0 spiro atoms. The summed E-state index contributed by atoms with van der Waals surface area (Å²) in [7, 11) is 1.53. The number of nitrogens with zero attached hydrogens (tertiary/aromatic N) is 2. The summed E-state index contributed by atoms with van der Waals surface area (Å²) in [5, 5.41) is 9.01. The fourth-order valence-corrected chi connectivity index (χ4v) is 1.52. The highest BCUT2D eigenvalue weighted by Gasteiger charge is 2.07. The monoisotopic (exact) mass is 282 g/mol. The van der Waals surface area contributed by atoms with Crippen molar-refractivity contribution in [1.29, 1.82) is 0 Å². The summed E-state index contributed by atoms with van der Waals surface area (Å²) in [5.74, 6) is 0.314. The first-order chi connectivity index (χ1) is 9.56. The molecule has 6 heteroatoms. The zero-order valence-electron chi connectivity index (χ0n) is 12.2. The molecule has 0 aromatic carbocycles. The number of hydrogen-bond donors (Lipinski definition) is 1. The van der Waals surface area contributed by atoms with Crippen LogP contribution in [-0.4, -0.2) is 41.1 Å². The Morgan fingerprint density at radius 2 is 2.30 bits per heavy atom. The third-order valence-corrected chi connectivity index (χ3v) is 2.80. The summed E-state index contributed by atoms with van der Waals surface area (Å²) in [6.45, 7) is 4.72. The molecule has 0 aliphatic heterocycles. The average Bonchev–Trinajstić information content (AvgIpc) is 2.41. The number of aromatic nitrogens is 2. The molecule has 1 rings (SSSR count). The van der Waals surface area contributed by atoms with Crippen LogP contribution >= 0.6 is 0 Å². The van der Waals surface area contributed by atoms with Crippen LogP contribution in [0, 0.1) is 0 Å². The third-order valence-electron chi connectivity index (χ3n) is 2.80. The van der Waals surface area contributed by atoms with Crippen molar-refractivity contribution in [3.63, 3.8) is 0 Å². The quantitative estimate of drug-likeness (QED) is 0.720. The molecule has 0 aliphatic carbocycles. The van der Waals surface area contributed by atoms with Gasteiger partial charge in [-0.15, -0.1) is 0 Å². The normalized spacial score (nSPS) is 12.0. The van der Waals surface area contributed by atoms with Gasteiger partial charge >= 0.3 is 5.69 Å². The van der Waals surface area contributed by atoms with E-state index in [4.69, 9.17) is 14.6 Å². The van der Waals surface area contributed by atoms with Crippen LogP contribution in [0.1, 0.15) is 20.3 Å². The highest BCUT2D eigenvalue weighted by Crippen LogP contribution is 2.03. The van der Waals surface area contributed by atoms with E-state index < -0.39 is 0 Å². The maximum absolute atomic E-state index is 11.8. The summed E-state index contributed by atoms with van der Waals surface area (Å²) in [6.07, 6.45) is 3.83. The van der Waals surface area contributed by atoms with Gasteiger partial charge in [-0.1, -0.05) is 5.57 Å².